The molecule has 1 rings (SSSR count). The van der Waals surface area contributed by atoms with Crippen molar-refractivity contribution < 1.29 is 9.90 Å². The van der Waals surface area contributed by atoms with Gasteiger partial charge in [0.05, 0.1) is 11.2 Å². The first-order valence-corrected chi connectivity index (χ1v) is 6.29. The molecule has 1 amide bonds. The lowest BCUT2D eigenvalue weighted by molar-refractivity contribution is -0.121. The maximum Gasteiger partial charge on any atom is 0.244 e. The minimum Gasteiger partial charge on any atom is -0.506 e. The van der Waals surface area contributed by atoms with Crippen LogP contribution in [0.1, 0.15) is 33.3 Å². The Bertz CT molecular complexity index is 428. The fraction of sp³-hybridized carbons (Fsp3) is 0.500. The second-order valence-corrected chi connectivity index (χ2v) is 4.81. The summed E-state index contributed by atoms with van der Waals surface area (Å²) in [6.45, 7) is 8.31. The van der Waals surface area contributed by atoms with E-state index in [1.54, 1.807) is 12.1 Å². The predicted octanol–water partition coefficient (Wildman–Crippen LogP) is 2.28. The van der Waals surface area contributed by atoms with Crippen molar-refractivity contribution in [2.45, 2.75) is 39.7 Å². The molecule has 3 N–H and O–H groups in total. The van der Waals surface area contributed by atoms with E-state index in [4.69, 9.17) is 0 Å². The molecule has 4 nitrogen and oxygen atoms in total. The van der Waals surface area contributed by atoms with Gasteiger partial charge in [-0.3, -0.25) is 4.79 Å². The average molecular weight is 250 g/mol. The highest BCUT2D eigenvalue weighted by Gasteiger charge is 2.26. The molecule has 0 spiro atoms. The Morgan fingerprint density at radius 1 is 1.33 bits per heavy atom. The fourth-order valence-electron chi connectivity index (χ4n) is 1.70. The topological polar surface area (TPSA) is 61.4 Å². The Morgan fingerprint density at radius 2 is 2.00 bits per heavy atom. The molecule has 0 saturated heterocycles. The van der Waals surface area contributed by atoms with Gasteiger partial charge >= 0.3 is 0 Å². The molecule has 0 aliphatic rings. The van der Waals surface area contributed by atoms with Gasteiger partial charge in [-0.05, 0) is 44.5 Å². The van der Waals surface area contributed by atoms with Crippen molar-refractivity contribution in [1.82, 2.24) is 5.32 Å². The van der Waals surface area contributed by atoms with Crippen molar-refractivity contribution in [3.05, 3.63) is 23.8 Å². The maximum atomic E-state index is 12.1. The van der Waals surface area contributed by atoms with Crippen LogP contribution in [0.25, 0.3) is 0 Å². The first-order chi connectivity index (χ1) is 8.40. The lowest BCUT2D eigenvalue weighted by Gasteiger charge is -2.24. The molecule has 0 aliphatic carbocycles. The van der Waals surface area contributed by atoms with Crippen molar-refractivity contribution in [3.63, 3.8) is 0 Å². The Labute approximate surface area is 108 Å². The molecule has 4 heteroatoms. The number of nitrogens with one attached hydrogen (secondary N) is 2. The largest absolute Gasteiger partial charge is 0.506 e. The second-order valence-electron chi connectivity index (χ2n) is 4.81. The van der Waals surface area contributed by atoms with Gasteiger partial charge < -0.3 is 15.7 Å². The monoisotopic (exact) mass is 250 g/mol. The third kappa shape index (κ3) is 3.47. The Kier molecular flexibility index (Phi) is 4.73. The molecule has 18 heavy (non-hydrogen) atoms. The first kappa shape index (κ1) is 14.5. The number of aromatic hydroxyl groups is 1. The van der Waals surface area contributed by atoms with Gasteiger partial charge in [0.1, 0.15) is 5.75 Å². The number of phenols is 1. The van der Waals surface area contributed by atoms with Gasteiger partial charge in [-0.25, -0.2) is 0 Å². The van der Waals surface area contributed by atoms with Gasteiger partial charge in [0.2, 0.25) is 5.91 Å². The number of amides is 1. The number of likely N-dealkylation sites (N-methyl/N-ethyl adjacent to an activating group) is 1. The lowest BCUT2D eigenvalue weighted by Crippen LogP contribution is -2.49. The molecule has 0 atom stereocenters. The standard InChI is InChI=1S/C14H22N2O2/c1-5-10-7-8-12(17)11(9-10)16-13(18)14(3,4)15-6-2/h7-9,15,17H,5-6H2,1-4H3,(H,16,18). The van der Waals surface area contributed by atoms with Gasteiger partial charge in [0.15, 0.2) is 0 Å². The van der Waals surface area contributed by atoms with Gasteiger partial charge in [-0.15, -0.1) is 0 Å². The van der Waals surface area contributed by atoms with Crippen molar-refractivity contribution in [1.29, 1.82) is 0 Å². The van der Waals surface area contributed by atoms with Gasteiger partial charge in [0.25, 0.3) is 0 Å². The summed E-state index contributed by atoms with van der Waals surface area (Å²) >= 11 is 0. The van der Waals surface area contributed by atoms with E-state index < -0.39 is 5.54 Å². The van der Waals surface area contributed by atoms with Crippen molar-refractivity contribution in [2.24, 2.45) is 0 Å². The van der Waals surface area contributed by atoms with E-state index in [1.165, 1.54) is 0 Å². The Hall–Kier alpha value is -1.55. The molecular weight excluding hydrogens is 228 g/mol. The highest BCUT2D eigenvalue weighted by Crippen LogP contribution is 2.25. The summed E-state index contributed by atoms with van der Waals surface area (Å²) in [5.41, 5.74) is 0.873. The molecule has 100 valence electrons. The van der Waals surface area contributed by atoms with E-state index in [0.29, 0.717) is 12.2 Å². The second kappa shape index (κ2) is 5.87. The smallest absolute Gasteiger partial charge is 0.244 e. The number of aryl methyl sites for hydroxylation is 1. The molecule has 1 aromatic carbocycles. The van der Waals surface area contributed by atoms with Crippen molar-refractivity contribution in [2.75, 3.05) is 11.9 Å². The molecule has 0 aliphatic heterocycles. The number of anilines is 1. The summed E-state index contributed by atoms with van der Waals surface area (Å²) in [5, 5.41) is 15.6. The molecule has 0 unspecified atom stereocenters. The third-order valence-corrected chi connectivity index (χ3v) is 2.90. The zero-order valence-electron chi connectivity index (χ0n) is 11.5. The van der Waals surface area contributed by atoms with Crippen LogP contribution in [-0.4, -0.2) is 23.1 Å². The van der Waals surface area contributed by atoms with Gasteiger partial charge in [-0.2, -0.15) is 0 Å². The summed E-state index contributed by atoms with van der Waals surface area (Å²) < 4.78 is 0. The number of benzene rings is 1. The lowest BCUT2D eigenvalue weighted by atomic mass is 10.0. The van der Waals surface area contributed by atoms with E-state index in [2.05, 4.69) is 10.6 Å². The highest BCUT2D eigenvalue weighted by atomic mass is 16.3. The van der Waals surface area contributed by atoms with Crippen LogP contribution >= 0.6 is 0 Å². The molecular formula is C14H22N2O2. The van der Waals surface area contributed by atoms with Gasteiger partial charge in [0, 0.05) is 0 Å². The Balaban J connectivity index is 2.87. The van der Waals surface area contributed by atoms with Crippen LogP contribution in [0.4, 0.5) is 5.69 Å². The highest BCUT2D eigenvalue weighted by molar-refractivity contribution is 5.98. The number of hydrogen-bond donors (Lipinski definition) is 3. The van der Waals surface area contributed by atoms with Crippen molar-refractivity contribution >= 4 is 11.6 Å². The predicted molar refractivity (Wildman–Crippen MR) is 73.9 cm³/mol. The van der Waals surface area contributed by atoms with Crippen molar-refractivity contribution in [3.8, 4) is 5.75 Å². The summed E-state index contributed by atoms with van der Waals surface area (Å²) in [5.74, 6) is -0.0687. The zero-order chi connectivity index (χ0) is 13.8. The molecule has 0 saturated carbocycles. The van der Waals surface area contributed by atoms with E-state index in [0.717, 1.165) is 12.0 Å². The number of carbonyl (C=O) groups is 1. The van der Waals surface area contributed by atoms with E-state index in [-0.39, 0.29) is 11.7 Å². The van der Waals surface area contributed by atoms with Crippen LogP contribution < -0.4 is 10.6 Å². The molecule has 1 aromatic rings. The third-order valence-electron chi connectivity index (χ3n) is 2.90. The van der Waals surface area contributed by atoms with Crippen LogP contribution in [0.15, 0.2) is 18.2 Å². The number of phenolic OH excluding ortho intramolecular Hbond substituents is 1. The van der Waals surface area contributed by atoms with E-state index >= 15 is 0 Å². The maximum absolute atomic E-state index is 12.1. The van der Waals surface area contributed by atoms with Crippen LogP contribution in [0.3, 0.4) is 0 Å². The van der Waals surface area contributed by atoms with Crippen LogP contribution in [-0.2, 0) is 11.2 Å². The number of rotatable bonds is 5. The normalized spacial score (nSPS) is 11.3. The average Bonchev–Trinajstić information content (AvgIpc) is 2.31. The molecule has 0 heterocycles. The number of hydrogen-bond acceptors (Lipinski definition) is 3. The molecule has 0 bridgehead atoms. The molecule has 0 aromatic heterocycles. The SMILES string of the molecule is CCNC(C)(C)C(=O)Nc1cc(CC)ccc1O. The summed E-state index contributed by atoms with van der Waals surface area (Å²) in [7, 11) is 0. The Morgan fingerprint density at radius 3 is 2.56 bits per heavy atom. The van der Waals surface area contributed by atoms with Crippen LogP contribution in [0.2, 0.25) is 0 Å². The summed E-state index contributed by atoms with van der Waals surface area (Å²) in [6.07, 6.45) is 0.861. The van der Waals surface area contributed by atoms with E-state index in [9.17, 15) is 9.90 Å². The first-order valence-electron chi connectivity index (χ1n) is 6.29. The van der Waals surface area contributed by atoms with Gasteiger partial charge in [-0.1, -0.05) is 19.9 Å². The van der Waals surface area contributed by atoms with Crippen LogP contribution in [0, 0.1) is 0 Å². The van der Waals surface area contributed by atoms with E-state index in [1.807, 2.05) is 33.8 Å². The summed E-state index contributed by atoms with van der Waals surface area (Å²) in [6, 6.07) is 5.25. The quantitative estimate of drug-likeness (QED) is 0.703. The number of carbonyl (C=O) groups excluding carboxylic acids is 1. The fourth-order valence-corrected chi connectivity index (χ4v) is 1.70. The van der Waals surface area contributed by atoms with Crippen LogP contribution in [0.5, 0.6) is 5.75 Å². The zero-order valence-corrected chi connectivity index (χ0v) is 11.5. The minimum absolute atomic E-state index is 0.0906. The minimum atomic E-state index is -0.663. The summed E-state index contributed by atoms with van der Waals surface area (Å²) in [4.78, 5) is 12.1. The molecule has 0 radical (unpaired) electrons. The molecule has 0 fully saturated rings.